The van der Waals surface area contributed by atoms with Crippen LogP contribution in [0.25, 0.3) is 0 Å². The maximum atomic E-state index is 13.4. The molecule has 2 rings (SSSR count). The van der Waals surface area contributed by atoms with Gasteiger partial charge in [-0.3, -0.25) is 4.79 Å². The summed E-state index contributed by atoms with van der Waals surface area (Å²) in [7, 11) is 3.17. The summed E-state index contributed by atoms with van der Waals surface area (Å²) in [5.74, 6) is -0.226. The Hall–Kier alpha value is -2.54. The number of carboxylic acids is 1. The number of carboxylic acid groups (broad SMARTS) is 1. The van der Waals surface area contributed by atoms with Crippen molar-refractivity contribution in [2.75, 3.05) is 19.9 Å². The largest absolute Gasteiger partial charge is 0.496 e. The summed E-state index contributed by atoms with van der Waals surface area (Å²) in [5, 5.41) is 9.17. The smallest absolute Gasteiger partial charge is 0.336 e. The second-order valence-corrected chi connectivity index (χ2v) is 7.10. The molecule has 0 aromatic heterocycles. The molecule has 0 heterocycles. The van der Waals surface area contributed by atoms with Crippen molar-refractivity contribution in [3.8, 4) is 5.75 Å². The van der Waals surface area contributed by atoms with Crippen molar-refractivity contribution < 1.29 is 23.8 Å². The van der Waals surface area contributed by atoms with E-state index in [2.05, 4.69) is 0 Å². The van der Waals surface area contributed by atoms with Crippen LogP contribution in [0.15, 0.2) is 47.4 Å². The Morgan fingerprint density at radius 1 is 1.22 bits per heavy atom. The van der Waals surface area contributed by atoms with E-state index in [1.807, 2.05) is 0 Å². The number of amides is 1. The summed E-state index contributed by atoms with van der Waals surface area (Å²) in [6.45, 7) is 0.259. The van der Waals surface area contributed by atoms with E-state index in [0.717, 1.165) is 0 Å². The number of aromatic carboxylic acids is 1. The molecule has 0 bridgehead atoms. The molecule has 0 spiro atoms. The number of carbonyl (C=O) groups excluding carboxylic acids is 1. The number of ether oxygens (including phenoxy) is 1. The number of carbonyl (C=O) groups is 2. The highest BCUT2D eigenvalue weighted by Gasteiger charge is 2.14. The molecule has 0 aliphatic rings. The third-order valence-corrected chi connectivity index (χ3v) is 5.15. The highest BCUT2D eigenvalue weighted by atomic mass is 32.2. The van der Waals surface area contributed by atoms with Crippen LogP contribution in [0.1, 0.15) is 28.8 Å². The van der Waals surface area contributed by atoms with E-state index in [0.29, 0.717) is 34.8 Å². The molecule has 2 aromatic carbocycles. The monoisotopic (exact) mass is 391 g/mol. The number of methoxy groups -OCH3 is 1. The van der Waals surface area contributed by atoms with Crippen LogP contribution < -0.4 is 4.74 Å². The maximum Gasteiger partial charge on any atom is 0.336 e. The van der Waals surface area contributed by atoms with Crippen molar-refractivity contribution in [2.45, 2.75) is 24.3 Å². The Labute approximate surface area is 162 Å². The van der Waals surface area contributed by atoms with Crippen LogP contribution in [-0.4, -0.2) is 41.8 Å². The van der Waals surface area contributed by atoms with E-state index < -0.39 is 5.97 Å². The SMILES string of the molecule is COc1ccc(F)cc1CN(C)C(=O)CCCSc1ccccc1C(=O)O. The van der Waals surface area contributed by atoms with Crippen molar-refractivity contribution in [3.05, 3.63) is 59.4 Å². The Balaban J connectivity index is 1.84. The van der Waals surface area contributed by atoms with Crippen molar-refractivity contribution in [2.24, 2.45) is 0 Å². The van der Waals surface area contributed by atoms with Crippen LogP contribution >= 0.6 is 11.8 Å². The fourth-order valence-electron chi connectivity index (χ4n) is 2.58. The van der Waals surface area contributed by atoms with Crippen molar-refractivity contribution in [1.82, 2.24) is 4.90 Å². The fraction of sp³-hybridized carbons (Fsp3) is 0.300. The molecule has 1 amide bonds. The molecule has 7 heteroatoms. The van der Waals surface area contributed by atoms with E-state index in [4.69, 9.17) is 4.74 Å². The molecule has 0 atom stereocenters. The zero-order valence-electron chi connectivity index (χ0n) is 15.3. The van der Waals surface area contributed by atoms with Gasteiger partial charge in [-0.05, 0) is 42.5 Å². The molecule has 0 aliphatic carbocycles. The average molecular weight is 391 g/mol. The normalized spacial score (nSPS) is 10.5. The second kappa shape index (κ2) is 9.97. The van der Waals surface area contributed by atoms with Gasteiger partial charge in [0, 0.05) is 30.5 Å². The molecule has 2 aromatic rings. The number of thioether (sulfide) groups is 1. The molecular weight excluding hydrogens is 369 g/mol. The molecule has 0 saturated carbocycles. The highest BCUT2D eigenvalue weighted by molar-refractivity contribution is 7.99. The number of benzene rings is 2. The van der Waals surface area contributed by atoms with Crippen LogP contribution in [0.2, 0.25) is 0 Å². The Morgan fingerprint density at radius 2 is 1.96 bits per heavy atom. The first-order valence-electron chi connectivity index (χ1n) is 8.44. The van der Waals surface area contributed by atoms with E-state index in [-0.39, 0.29) is 23.8 Å². The summed E-state index contributed by atoms with van der Waals surface area (Å²) >= 11 is 1.42. The van der Waals surface area contributed by atoms with Crippen LogP contribution in [0, 0.1) is 5.82 Å². The molecule has 0 radical (unpaired) electrons. The number of nitrogens with zero attached hydrogens (tertiary/aromatic N) is 1. The summed E-state index contributed by atoms with van der Waals surface area (Å²) in [5.41, 5.74) is 0.877. The van der Waals surface area contributed by atoms with Crippen molar-refractivity contribution in [1.29, 1.82) is 0 Å². The van der Waals surface area contributed by atoms with Gasteiger partial charge < -0.3 is 14.7 Å². The predicted molar refractivity (Wildman–Crippen MR) is 103 cm³/mol. The summed E-state index contributed by atoms with van der Waals surface area (Å²) < 4.78 is 18.6. The standard InChI is InChI=1S/C20H22FNO4S/c1-22(13-14-12-15(21)9-10-17(14)26-2)19(23)8-5-11-27-18-7-4-3-6-16(18)20(24)25/h3-4,6-7,9-10,12H,5,8,11,13H2,1-2H3,(H,24,25). The molecule has 5 nitrogen and oxygen atoms in total. The van der Waals surface area contributed by atoms with E-state index in [1.165, 1.54) is 35.9 Å². The van der Waals surface area contributed by atoms with Gasteiger partial charge in [0.05, 0.1) is 12.7 Å². The summed E-state index contributed by atoms with van der Waals surface area (Å²) in [6, 6.07) is 11.0. The van der Waals surface area contributed by atoms with Crippen molar-refractivity contribution >= 4 is 23.6 Å². The highest BCUT2D eigenvalue weighted by Crippen LogP contribution is 2.24. The number of rotatable bonds is 9. The first-order valence-corrected chi connectivity index (χ1v) is 9.42. The van der Waals surface area contributed by atoms with Crippen LogP contribution in [0.4, 0.5) is 4.39 Å². The summed E-state index contributed by atoms with van der Waals surface area (Å²) in [4.78, 5) is 25.7. The maximum absolute atomic E-state index is 13.4. The quantitative estimate of drug-likeness (QED) is 0.516. The van der Waals surface area contributed by atoms with Gasteiger partial charge in [0.2, 0.25) is 5.91 Å². The third-order valence-electron chi connectivity index (χ3n) is 3.99. The van der Waals surface area contributed by atoms with E-state index in [9.17, 15) is 19.1 Å². The molecule has 0 unspecified atom stereocenters. The lowest BCUT2D eigenvalue weighted by atomic mass is 10.1. The Kier molecular flexibility index (Phi) is 7.67. The van der Waals surface area contributed by atoms with Gasteiger partial charge in [-0.1, -0.05) is 12.1 Å². The molecular formula is C20H22FNO4S. The van der Waals surface area contributed by atoms with Gasteiger partial charge in [-0.2, -0.15) is 0 Å². The molecule has 1 N–H and O–H groups in total. The van der Waals surface area contributed by atoms with E-state index in [1.54, 1.807) is 37.4 Å². The zero-order valence-corrected chi connectivity index (χ0v) is 16.1. The number of halogens is 1. The Morgan fingerprint density at radius 3 is 2.67 bits per heavy atom. The first kappa shape index (κ1) is 20.8. The van der Waals surface area contributed by atoms with Gasteiger partial charge in [0.1, 0.15) is 11.6 Å². The molecule has 144 valence electrons. The minimum atomic E-state index is -0.960. The lowest BCUT2D eigenvalue weighted by Gasteiger charge is -2.19. The lowest BCUT2D eigenvalue weighted by Crippen LogP contribution is -2.26. The van der Waals surface area contributed by atoms with Gasteiger partial charge in [-0.15, -0.1) is 11.8 Å². The van der Waals surface area contributed by atoms with Crippen LogP contribution in [0.5, 0.6) is 5.75 Å². The van der Waals surface area contributed by atoms with Crippen molar-refractivity contribution in [3.63, 3.8) is 0 Å². The minimum absolute atomic E-state index is 0.0616. The first-order chi connectivity index (χ1) is 12.9. The van der Waals surface area contributed by atoms with Gasteiger partial charge >= 0.3 is 5.97 Å². The van der Waals surface area contributed by atoms with E-state index >= 15 is 0 Å². The zero-order chi connectivity index (χ0) is 19.8. The predicted octanol–water partition coefficient (Wildman–Crippen LogP) is 4.06. The molecule has 0 saturated heterocycles. The van der Waals surface area contributed by atoms with Crippen LogP contribution in [0.3, 0.4) is 0 Å². The Bertz CT molecular complexity index is 812. The number of hydrogen-bond acceptors (Lipinski definition) is 4. The summed E-state index contributed by atoms with van der Waals surface area (Å²) in [6.07, 6.45) is 0.943. The fourth-order valence-corrected chi connectivity index (χ4v) is 3.57. The molecule has 0 fully saturated rings. The number of hydrogen-bond donors (Lipinski definition) is 1. The van der Waals surface area contributed by atoms with Gasteiger partial charge in [-0.25, -0.2) is 9.18 Å². The minimum Gasteiger partial charge on any atom is -0.496 e. The van der Waals surface area contributed by atoms with Gasteiger partial charge in [0.15, 0.2) is 0 Å². The topological polar surface area (TPSA) is 66.8 Å². The molecule has 0 aliphatic heterocycles. The third kappa shape index (κ3) is 5.99. The lowest BCUT2D eigenvalue weighted by molar-refractivity contribution is -0.130. The molecule has 27 heavy (non-hydrogen) atoms. The second-order valence-electron chi connectivity index (χ2n) is 5.96. The van der Waals surface area contributed by atoms with Gasteiger partial charge in [0.25, 0.3) is 0 Å². The average Bonchev–Trinajstić information content (AvgIpc) is 2.65. The van der Waals surface area contributed by atoms with Crippen LogP contribution in [-0.2, 0) is 11.3 Å².